The molecular weight excluding hydrogens is 1180 g/mol. The lowest BCUT2D eigenvalue weighted by atomic mass is 9.90. The van der Waals surface area contributed by atoms with Crippen molar-refractivity contribution >= 4 is 50.3 Å². The first-order chi connectivity index (χ1) is 45.0. The summed E-state index contributed by atoms with van der Waals surface area (Å²) in [5.41, 5.74) is 15.3. The van der Waals surface area contributed by atoms with E-state index in [-0.39, 0.29) is 36.5 Å². The average molecular weight is 1260 g/mol. The predicted octanol–water partition coefficient (Wildman–Crippen LogP) is 5.56. The fourth-order valence-electron chi connectivity index (χ4n) is 13.0. The number of piperazine rings is 2. The van der Waals surface area contributed by atoms with Crippen LogP contribution in [0.15, 0.2) is 129 Å². The molecule has 3 aliphatic heterocycles. The van der Waals surface area contributed by atoms with Crippen molar-refractivity contribution in [3.8, 4) is 34.2 Å². The Balaban J connectivity index is 0.000000127. The van der Waals surface area contributed by atoms with E-state index in [1.807, 2.05) is 127 Å². The highest BCUT2D eigenvalue weighted by molar-refractivity contribution is 5.84. The number of anilines is 2. The Morgan fingerprint density at radius 2 is 0.860 bits per heavy atom. The van der Waals surface area contributed by atoms with Gasteiger partial charge in [-0.1, -0.05) is 6.07 Å². The summed E-state index contributed by atoms with van der Waals surface area (Å²) < 4.78 is 14.4. The van der Waals surface area contributed by atoms with Gasteiger partial charge < -0.3 is 34.4 Å². The van der Waals surface area contributed by atoms with E-state index in [4.69, 9.17) is 24.7 Å². The second kappa shape index (κ2) is 26.5. The Kier molecular flexibility index (Phi) is 17.7. The van der Waals surface area contributed by atoms with Gasteiger partial charge in [-0.25, -0.2) is 24.0 Å². The van der Waals surface area contributed by atoms with Crippen LogP contribution in [-0.2, 0) is 0 Å². The number of hydrogen-bond donors (Lipinski definition) is 3. The zero-order valence-corrected chi connectivity index (χ0v) is 53.2. The van der Waals surface area contributed by atoms with E-state index in [0.29, 0.717) is 70.2 Å². The molecule has 3 saturated heterocycles. The number of pyridine rings is 4. The van der Waals surface area contributed by atoms with Crippen LogP contribution < -0.4 is 26.5 Å². The average Bonchev–Trinajstić information content (AvgIpc) is 1.83. The minimum atomic E-state index is -0.146. The minimum Gasteiger partial charge on any atom is -0.453 e. The topological polar surface area (TPSA) is 266 Å². The first-order valence-electron chi connectivity index (χ1n) is 31.7. The first kappa shape index (κ1) is 62.2. The zero-order valence-electron chi connectivity index (χ0n) is 53.2. The molecule has 93 heavy (non-hydrogen) atoms. The summed E-state index contributed by atoms with van der Waals surface area (Å²) >= 11 is 0. The van der Waals surface area contributed by atoms with Crippen LogP contribution in [0.1, 0.15) is 58.5 Å². The molecule has 0 radical (unpaired) electrons. The van der Waals surface area contributed by atoms with Crippen LogP contribution in [0.2, 0.25) is 0 Å². The molecule has 25 heteroatoms. The lowest BCUT2D eigenvalue weighted by Gasteiger charge is -2.35. The molecule has 12 aromatic heterocycles. The standard InChI is InChI=1S/C23H26N6O2.C23H25N5O3.C22H25N7O2/c1-15-13-29-21(16(2)24-15)11-20(26-29)19-12-23(31)28-14-18(3-4-22(28)25-19)17-5-7-27(8-6-17)9-10-30;1-15-11-17-12-20(31-23(17)16(2)24-15)19-13-22(30)28-14-18(3-4-21(28)25-19)27-7-5-26(6-8-27)9-10-29;1-15-13-29-20(16(2)23-15)11-19(25-29)18-12-22(31)28-14-17(3-4-21(28)24-18)27-7-5-26(6-8-27)9-10-30/h3-4,11-14,17,30H,5-10H2,1-2H3;3-4,11-14,29H,5-10H2,1-2H3;3-4,11-14,30H,5-10H2,1-2H3. The van der Waals surface area contributed by atoms with E-state index in [1.165, 1.54) is 12.1 Å². The number of β-amino-alcohol motifs (C(OH)–C–C–N with tert-alkyl or cyclic N) is 3. The molecule has 0 aliphatic carbocycles. The number of piperidine rings is 1. The van der Waals surface area contributed by atoms with Gasteiger partial charge in [0, 0.05) is 120 Å². The Bertz CT molecular complexity index is 4440. The zero-order chi connectivity index (χ0) is 64.6. The number of nitrogens with zero attached hydrogens (tertiary/aromatic N) is 18. The molecule has 3 N–H and O–H groups in total. The molecule has 25 nitrogen and oxygen atoms in total. The summed E-state index contributed by atoms with van der Waals surface area (Å²) in [4.78, 5) is 77.5. The summed E-state index contributed by atoms with van der Waals surface area (Å²) in [6, 6.07) is 24.1. The van der Waals surface area contributed by atoms with Gasteiger partial charge in [-0.15, -0.1) is 0 Å². The molecule has 0 spiro atoms. The molecule has 12 aromatic rings. The number of fused-ring (bicyclic) bond motifs is 6. The number of furan rings is 1. The van der Waals surface area contributed by atoms with Crippen LogP contribution in [0.4, 0.5) is 11.4 Å². The second-order valence-electron chi connectivity index (χ2n) is 24.3. The molecule has 480 valence electrons. The van der Waals surface area contributed by atoms with Gasteiger partial charge in [-0.05, 0) is 134 Å². The normalized spacial score (nSPS) is 15.5. The van der Waals surface area contributed by atoms with Gasteiger partial charge in [0.2, 0.25) is 0 Å². The van der Waals surface area contributed by atoms with Crippen LogP contribution in [0.3, 0.4) is 0 Å². The van der Waals surface area contributed by atoms with Crippen LogP contribution in [0.5, 0.6) is 0 Å². The molecule has 0 atom stereocenters. The van der Waals surface area contributed by atoms with Gasteiger partial charge in [-0.2, -0.15) is 10.2 Å². The number of aliphatic hydroxyl groups is 3. The number of aryl methyl sites for hydroxylation is 6. The summed E-state index contributed by atoms with van der Waals surface area (Å²) in [6.45, 7) is 23.3. The second-order valence-corrected chi connectivity index (χ2v) is 24.3. The first-order valence-corrected chi connectivity index (χ1v) is 31.7. The fourth-order valence-corrected chi connectivity index (χ4v) is 13.0. The van der Waals surface area contributed by atoms with E-state index < -0.39 is 0 Å². The number of rotatable bonds is 12. The molecule has 0 aromatic carbocycles. The quantitative estimate of drug-likeness (QED) is 0.135. The third-order valence-corrected chi connectivity index (χ3v) is 17.8. The van der Waals surface area contributed by atoms with Crippen molar-refractivity contribution < 1.29 is 19.7 Å². The van der Waals surface area contributed by atoms with Crippen LogP contribution >= 0.6 is 0 Å². The van der Waals surface area contributed by atoms with E-state index in [9.17, 15) is 14.4 Å². The van der Waals surface area contributed by atoms with Crippen molar-refractivity contribution in [3.05, 3.63) is 181 Å². The van der Waals surface area contributed by atoms with Gasteiger partial charge in [0.25, 0.3) is 16.7 Å². The van der Waals surface area contributed by atoms with Crippen molar-refractivity contribution in [2.24, 2.45) is 0 Å². The summed E-state index contributed by atoms with van der Waals surface area (Å²) in [5, 5.41) is 37.5. The Morgan fingerprint density at radius 3 is 1.34 bits per heavy atom. The Morgan fingerprint density at radius 1 is 0.430 bits per heavy atom. The molecule has 0 saturated carbocycles. The maximum absolute atomic E-state index is 12.9. The molecular formula is C68H76N18O7. The maximum Gasteiger partial charge on any atom is 0.258 e. The summed E-state index contributed by atoms with van der Waals surface area (Å²) in [5.74, 6) is 0.984. The van der Waals surface area contributed by atoms with Crippen molar-refractivity contribution in [3.63, 3.8) is 0 Å². The van der Waals surface area contributed by atoms with Crippen LogP contribution in [-0.4, -0.2) is 197 Å². The molecule has 3 aliphatic rings. The fraction of sp³-hybridized carbons (Fsp3) is 0.368. The highest BCUT2D eigenvalue weighted by atomic mass is 16.3. The van der Waals surface area contributed by atoms with Crippen molar-refractivity contribution in [1.29, 1.82) is 0 Å². The van der Waals surface area contributed by atoms with Gasteiger partial charge >= 0.3 is 0 Å². The monoisotopic (exact) mass is 1260 g/mol. The van der Waals surface area contributed by atoms with Crippen LogP contribution in [0, 0.1) is 41.5 Å². The highest BCUT2D eigenvalue weighted by Crippen LogP contribution is 2.31. The molecule has 0 amide bonds. The Labute approximate surface area is 534 Å². The van der Waals surface area contributed by atoms with Crippen molar-refractivity contribution in [2.45, 2.75) is 60.3 Å². The summed E-state index contributed by atoms with van der Waals surface area (Å²) in [7, 11) is 0. The lowest BCUT2D eigenvalue weighted by Crippen LogP contribution is -2.47. The number of aromatic nitrogens is 13. The van der Waals surface area contributed by atoms with Gasteiger partial charge in [-0.3, -0.25) is 52.3 Å². The van der Waals surface area contributed by atoms with Crippen LogP contribution in [0.25, 0.3) is 73.2 Å². The molecule has 3 fully saturated rings. The third-order valence-electron chi connectivity index (χ3n) is 17.8. The van der Waals surface area contributed by atoms with Gasteiger partial charge in [0.15, 0.2) is 11.3 Å². The van der Waals surface area contributed by atoms with Crippen molar-refractivity contribution in [1.82, 2.24) is 77.0 Å². The van der Waals surface area contributed by atoms with E-state index in [0.717, 1.165) is 158 Å². The third kappa shape index (κ3) is 13.3. The minimum absolute atomic E-state index is 0.109. The van der Waals surface area contributed by atoms with E-state index in [1.54, 1.807) is 28.3 Å². The number of likely N-dealkylation sites (tertiary alicyclic amines) is 1. The summed E-state index contributed by atoms with van der Waals surface area (Å²) in [6.07, 6.45) is 11.4. The van der Waals surface area contributed by atoms with E-state index in [2.05, 4.69) is 65.7 Å². The number of hydrogen-bond acceptors (Lipinski definition) is 20. The molecule has 15 rings (SSSR count). The predicted molar refractivity (Wildman–Crippen MR) is 357 cm³/mol. The molecule has 0 bridgehead atoms. The largest absolute Gasteiger partial charge is 0.453 e. The molecule has 15 heterocycles. The Hall–Kier alpha value is -9.63. The van der Waals surface area contributed by atoms with E-state index >= 15 is 0 Å². The van der Waals surface area contributed by atoms with Gasteiger partial charge in [0.05, 0.1) is 94.5 Å². The van der Waals surface area contributed by atoms with Gasteiger partial charge in [0.1, 0.15) is 34.0 Å². The highest BCUT2D eigenvalue weighted by Gasteiger charge is 2.24. The maximum atomic E-state index is 12.9. The molecule has 0 unspecified atom stereocenters. The lowest BCUT2D eigenvalue weighted by molar-refractivity contribution is 0.164. The number of aliphatic hydroxyl groups excluding tert-OH is 3. The van der Waals surface area contributed by atoms with Crippen molar-refractivity contribution in [2.75, 3.05) is 115 Å². The SMILES string of the molecule is Cc1cc2cc(-c3cc(=O)n4cc(N5CCN(CCO)CC5)ccc4n3)oc2c(C)n1.Cc1cn2nc(-c3cc(=O)n4cc(C5CCN(CCO)CC5)ccc4n3)cc2c(C)n1.Cc1cn2nc(-c3cc(=O)n4cc(N5CCN(CCO)CC5)ccc4n3)cc2c(C)n1. The smallest absolute Gasteiger partial charge is 0.258 e.